The van der Waals surface area contributed by atoms with E-state index in [9.17, 15) is 0 Å². The molecule has 0 heterocycles. The summed E-state index contributed by atoms with van der Waals surface area (Å²) in [5, 5.41) is 13.5. The first-order valence-electron chi connectivity index (χ1n) is 18.1. The summed E-state index contributed by atoms with van der Waals surface area (Å²) in [5.74, 6) is 0. The van der Waals surface area contributed by atoms with Gasteiger partial charge in [-0.15, -0.1) is 39.3 Å². The Balaban J connectivity index is -0.000000154. The van der Waals surface area contributed by atoms with Crippen LogP contribution in [0.2, 0.25) is 0 Å². The van der Waals surface area contributed by atoms with E-state index in [4.69, 9.17) is 0 Å². The molecule has 0 aliphatic heterocycles. The fraction of sp³-hybridized carbons (Fsp3) is 1.00. The molecule has 249 valence electrons. The second-order valence-electron chi connectivity index (χ2n) is 11.4. The van der Waals surface area contributed by atoms with Gasteiger partial charge >= 0.3 is 21.7 Å². The van der Waals surface area contributed by atoms with Gasteiger partial charge in [-0.2, -0.15) is 0 Å². The average molecular weight is 636 g/mol. The molecule has 1 radical (unpaired) electrons. The van der Waals surface area contributed by atoms with Crippen LogP contribution in [0.15, 0.2) is 0 Å². The van der Waals surface area contributed by atoms with Gasteiger partial charge in [0.1, 0.15) is 0 Å². The van der Waals surface area contributed by atoms with Gasteiger partial charge in [-0.25, -0.2) is 0 Å². The van der Waals surface area contributed by atoms with Crippen LogP contribution < -0.4 is 12.4 Å². The smallest absolute Gasteiger partial charge is 1.00 e. The predicted octanol–water partition coefficient (Wildman–Crippen LogP) is 10.6. The third-order valence-electron chi connectivity index (χ3n) is 7.02. The first-order chi connectivity index (χ1) is 19.2. The molecule has 0 aliphatic rings. The van der Waals surface area contributed by atoms with Gasteiger partial charge in [-0.3, -0.25) is 0 Å². The van der Waals surface area contributed by atoms with Crippen LogP contribution in [-0.2, 0) is 21.7 Å². The zero-order valence-corrected chi connectivity index (χ0v) is 31.8. The molecule has 0 unspecified atom stereocenters. The first kappa shape index (κ1) is 51.5. The minimum absolute atomic E-state index is 0. The Kier molecular flexibility index (Phi) is 71.1. The molecule has 0 fully saturated rings. The molecule has 41 heavy (non-hydrogen) atoms. The standard InChI is InChI=1S/3C12H26N.ClH.Ti/c3*1-3-5-7-9-11-13-12-10-8-6-4-2;;/h3*3-12H2,1-2H3;1H;/q3*-1;;+3/p-1. The van der Waals surface area contributed by atoms with Crippen molar-refractivity contribution in [2.24, 2.45) is 0 Å². The third-order valence-corrected chi connectivity index (χ3v) is 7.02. The van der Waals surface area contributed by atoms with Crippen LogP contribution in [0.25, 0.3) is 16.0 Å². The van der Waals surface area contributed by atoms with Crippen molar-refractivity contribution >= 4 is 0 Å². The molecule has 0 spiro atoms. The van der Waals surface area contributed by atoms with E-state index in [-0.39, 0.29) is 34.1 Å². The molecule has 0 aromatic rings. The minimum atomic E-state index is 0. The molecule has 0 N–H and O–H groups in total. The molecule has 0 saturated heterocycles. The van der Waals surface area contributed by atoms with Crippen molar-refractivity contribution < 1.29 is 34.1 Å². The Morgan fingerprint density at radius 1 is 0.244 bits per heavy atom. The monoisotopic (exact) mass is 636 g/mol. The summed E-state index contributed by atoms with van der Waals surface area (Å²) >= 11 is 0. The number of rotatable bonds is 30. The Bertz CT molecular complexity index is 279. The first-order valence-corrected chi connectivity index (χ1v) is 18.1. The maximum atomic E-state index is 4.51. The summed E-state index contributed by atoms with van der Waals surface area (Å²) in [6.45, 7) is 20.1. The van der Waals surface area contributed by atoms with Gasteiger partial charge in [0.05, 0.1) is 0 Å². The fourth-order valence-electron chi connectivity index (χ4n) is 4.24. The molecule has 0 saturated carbocycles. The molecular weight excluding hydrogens is 558 g/mol. The van der Waals surface area contributed by atoms with Crippen molar-refractivity contribution in [2.75, 3.05) is 39.3 Å². The molecule has 0 amide bonds. The normalized spacial score (nSPS) is 10.1. The van der Waals surface area contributed by atoms with Crippen molar-refractivity contribution in [1.29, 1.82) is 0 Å². The van der Waals surface area contributed by atoms with Crippen LogP contribution in [-0.4, -0.2) is 39.3 Å². The second-order valence-corrected chi connectivity index (χ2v) is 11.4. The molecule has 0 atom stereocenters. The summed E-state index contributed by atoms with van der Waals surface area (Å²) in [6.07, 6.45) is 32.3. The summed E-state index contributed by atoms with van der Waals surface area (Å²) in [5.41, 5.74) is 0. The Labute approximate surface area is 283 Å². The average Bonchev–Trinajstić information content (AvgIpc) is 2.95. The van der Waals surface area contributed by atoms with Gasteiger partial charge in [0, 0.05) is 0 Å². The Hall–Kier alpha value is 0.884. The van der Waals surface area contributed by atoms with Gasteiger partial charge < -0.3 is 28.4 Å². The van der Waals surface area contributed by atoms with Gasteiger partial charge in [0.25, 0.3) is 0 Å². The van der Waals surface area contributed by atoms with Crippen LogP contribution in [0.5, 0.6) is 0 Å². The van der Waals surface area contributed by atoms with Crippen LogP contribution >= 0.6 is 0 Å². The number of halogens is 1. The van der Waals surface area contributed by atoms with E-state index >= 15 is 0 Å². The molecule has 5 heteroatoms. The molecule has 0 aliphatic carbocycles. The second kappa shape index (κ2) is 56.6. The van der Waals surface area contributed by atoms with Crippen molar-refractivity contribution in [1.82, 2.24) is 0 Å². The summed E-state index contributed by atoms with van der Waals surface area (Å²) in [7, 11) is 0. The quantitative estimate of drug-likeness (QED) is 0.0557. The van der Waals surface area contributed by atoms with Crippen molar-refractivity contribution in [2.45, 2.75) is 196 Å². The largest absolute Gasteiger partial charge is 3.00 e. The number of unbranched alkanes of at least 4 members (excludes halogenated alkanes) is 18. The van der Waals surface area contributed by atoms with E-state index in [0.717, 1.165) is 39.3 Å². The van der Waals surface area contributed by atoms with E-state index in [1.165, 1.54) is 154 Å². The van der Waals surface area contributed by atoms with E-state index < -0.39 is 0 Å². The van der Waals surface area contributed by atoms with Gasteiger partial charge in [0.15, 0.2) is 0 Å². The van der Waals surface area contributed by atoms with Crippen molar-refractivity contribution in [3.63, 3.8) is 0 Å². The van der Waals surface area contributed by atoms with Crippen molar-refractivity contribution in [3.05, 3.63) is 16.0 Å². The van der Waals surface area contributed by atoms with Crippen LogP contribution in [0.4, 0.5) is 0 Å². The Morgan fingerprint density at radius 3 is 0.512 bits per heavy atom. The molecule has 0 bridgehead atoms. The predicted molar refractivity (Wildman–Crippen MR) is 184 cm³/mol. The number of hydrogen-bond acceptors (Lipinski definition) is 0. The van der Waals surface area contributed by atoms with E-state index in [1.807, 2.05) is 0 Å². The van der Waals surface area contributed by atoms with Gasteiger partial charge in [-0.05, 0) is 0 Å². The number of hydrogen-bond donors (Lipinski definition) is 0. The van der Waals surface area contributed by atoms with E-state index in [1.54, 1.807) is 0 Å². The molecule has 0 aromatic carbocycles. The summed E-state index contributed by atoms with van der Waals surface area (Å²) < 4.78 is 0. The number of nitrogens with zero attached hydrogens (tertiary/aromatic N) is 3. The SMILES string of the molecule is CCCCCC[N-]CCCCCC.CCCCCC[N-]CCCCCC.CCCCCC[N-]CCCCCC.[Cl-].[Ti+3]. The fourth-order valence-corrected chi connectivity index (χ4v) is 4.24. The maximum absolute atomic E-state index is 4.51. The zero-order chi connectivity index (χ0) is 29.3. The zero-order valence-electron chi connectivity index (χ0n) is 29.4. The molecule has 3 nitrogen and oxygen atoms in total. The van der Waals surface area contributed by atoms with Crippen LogP contribution in [0.3, 0.4) is 0 Å². The van der Waals surface area contributed by atoms with Gasteiger partial charge in [0.2, 0.25) is 0 Å². The topological polar surface area (TPSA) is 42.3 Å². The molecule has 0 rings (SSSR count). The van der Waals surface area contributed by atoms with E-state index in [2.05, 4.69) is 57.5 Å². The van der Waals surface area contributed by atoms with Crippen molar-refractivity contribution in [3.8, 4) is 0 Å². The molecule has 0 aromatic heterocycles. The van der Waals surface area contributed by atoms with Crippen LogP contribution in [0.1, 0.15) is 196 Å². The minimum Gasteiger partial charge on any atom is -1.00 e. The van der Waals surface area contributed by atoms with E-state index in [0.29, 0.717) is 0 Å². The third kappa shape index (κ3) is 64.8. The summed E-state index contributed by atoms with van der Waals surface area (Å²) in [4.78, 5) is 0. The Morgan fingerprint density at radius 2 is 0.390 bits per heavy atom. The van der Waals surface area contributed by atoms with Gasteiger partial charge in [-0.1, -0.05) is 196 Å². The summed E-state index contributed by atoms with van der Waals surface area (Å²) in [6, 6.07) is 0. The maximum Gasteiger partial charge on any atom is 3.00 e. The molecular formula is C36H78ClN3Ti-. The van der Waals surface area contributed by atoms with Crippen LogP contribution in [0, 0.1) is 0 Å².